The molecule has 2 aromatic carbocycles. The molecule has 4 rings (SSSR count). The van der Waals surface area contributed by atoms with Crippen LogP contribution in [0.3, 0.4) is 0 Å². The first-order valence-electron chi connectivity index (χ1n) is 10.8. The first kappa shape index (κ1) is 24.1. The van der Waals surface area contributed by atoms with Crippen molar-refractivity contribution >= 4 is 28.4 Å². The summed E-state index contributed by atoms with van der Waals surface area (Å²) >= 11 is 0. The second-order valence-electron chi connectivity index (χ2n) is 8.93. The van der Waals surface area contributed by atoms with Gasteiger partial charge in [-0.15, -0.1) is 0 Å². The number of amides is 2. The summed E-state index contributed by atoms with van der Waals surface area (Å²) in [6, 6.07) is 10.4. The summed E-state index contributed by atoms with van der Waals surface area (Å²) in [6.07, 6.45) is 0.657. The van der Waals surface area contributed by atoms with Crippen LogP contribution in [0, 0.1) is 5.41 Å². The van der Waals surface area contributed by atoms with Gasteiger partial charge in [0.1, 0.15) is 0 Å². The third kappa shape index (κ3) is 5.21. The van der Waals surface area contributed by atoms with E-state index < -0.39 is 17.2 Å². The van der Waals surface area contributed by atoms with E-state index in [0.29, 0.717) is 11.4 Å². The van der Waals surface area contributed by atoms with E-state index in [2.05, 4.69) is 20.7 Å². The maximum absolute atomic E-state index is 12.8. The summed E-state index contributed by atoms with van der Waals surface area (Å²) in [5, 5.41) is 10.7. The van der Waals surface area contributed by atoms with Crippen molar-refractivity contribution < 1.29 is 22.8 Å². The minimum atomic E-state index is -4.40. The molecule has 2 amide bonds. The van der Waals surface area contributed by atoms with Crippen LogP contribution in [0.25, 0.3) is 27.7 Å². The summed E-state index contributed by atoms with van der Waals surface area (Å²) < 4.78 is 40.0. The normalized spacial score (nSPS) is 12.1. The van der Waals surface area contributed by atoms with E-state index in [0.717, 1.165) is 34.2 Å². The number of anilines is 1. The smallest absolute Gasteiger partial charge is 0.359 e. The Morgan fingerprint density at radius 3 is 2.43 bits per heavy atom. The van der Waals surface area contributed by atoms with Gasteiger partial charge in [0, 0.05) is 42.3 Å². The van der Waals surface area contributed by atoms with Gasteiger partial charge in [-0.05, 0) is 55.8 Å². The highest BCUT2D eigenvalue weighted by atomic mass is 19.4. The fraction of sp³-hybridized carbons (Fsp3) is 0.240. The fourth-order valence-electron chi connectivity index (χ4n) is 3.54. The quantitative estimate of drug-likeness (QED) is 0.355. The molecule has 2 aromatic heterocycles. The van der Waals surface area contributed by atoms with Crippen LogP contribution in [0.2, 0.25) is 0 Å². The zero-order valence-corrected chi connectivity index (χ0v) is 19.3. The minimum Gasteiger partial charge on any atom is -0.359 e. The lowest BCUT2D eigenvalue weighted by Crippen LogP contribution is -2.41. The van der Waals surface area contributed by atoms with Crippen LogP contribution in [-0.2, 0) is 15.8 Å². The van der Waals surface area contributed by atoms with Gasteiger partial charge in [-0.25, -0.2) is 4.68 Å². The molecule has 0 fully saturated rings. The van der Waals surface area contributed by atoms with Gasteiger partial charge in [0.05, 0.1) is 28.6 Å². The van der Waals surface area contributed by atoms with Crippen LogP contribution in [0.1, 0.15) is 26.3 Å². The minimum absolute atomic E-state index is 0.199. The number of carbonyl (C=O) groups is 2. The number of nitrogens with one attached hydrogen (secondary N) is 3. The predicted molar refractivity (Wildman–Crippen MR) is 127 cm³/mol. The van der Waals surface area contributed by atoms with Crippen LogP contribution >= 0.6 is 0 Å². The first-order chi connectivity index (χ1) is 16.4. The summed E-state index contributed by atoms with van der Waals surface area (Å²) in [4.78, 5) is 27.2. The van der Waals surface area contributed by atoms with Crippen LogP contribution < -0.4 is 10.6 Å². The number of hydrogen-bond acceptors (Lipinski definition) is 3. The predicted octanol–water partition coefficient (Wildman–Crippen LogP) is 5.14. The van der Waals surface area contributed by atoms with Gasteiger partial charge in [0.15, 0.2) is 0 Å². The van der Waals surface area contributed by atoms with Crippen molar-refractivity contribution in [1.29, 1.82) is 0 Å². The van der Waals surface area contributed by atoms with Gasteiger partial charge in [0.25, 0.3) is 0 Å². The summed E-state index contributed by atoms with van der Waals surface area (Å²) in [5.41, 5.74) is 1.95. The number of alkyl halides is 3. The van der Waals surface area contributed by atoms with E-state index in [1.54, 1.807) is 32.4 Å². The lowest BCUT2D eigenvalue weighted by molar-refractivity contribution is -0.137. The standard InChI is InChI=1S/C25H24F3N5O2/c1-15(34)30-14-24(2,3)23(35)32-22-12-29-21-9-4-16(10-20(21)22)17-11-31-33(13-17)19-7-5-18(6-8-19)25(26,27)28/h4-13,29H,14H2,1-3H3,(H,30,34)(H,32,35). The molecule has 0 unspecified atom stereocenters. The molecule has 182 valence electrons. The van der Waals surface area contributed by atoms with E-state index in [1.165, 1.54) is 23.7 Å². The average Bonchev–Trinajstić information content (AvgIpc) is 3.45. The maximum atomic E-state index is 12.8. The second kappa shape index (κ2) is 8.94. The maximum Gasteiger partial charge on any atom is 0.416 e. The first-order valence-corrected chi connectivity index (χ1v) is 10.8. The van der Waals surface area contributed by atoms with E-state index >= 15 is 0 Å². The van der Waals surface area contributed by atoms with Crippen molar-refractivity contribution in [1.82, 2.24) is 20.1 Å². The fourth-order valence-corrected chi connectivity index (χ4v) is 3.54. The molecule has 0 aliphatic rings. The third-order valence-electron chi connectivity index (χ3n) is 5.70. The Kier molecular flexibility index (Phi) is 6.14. The van der Waals surface area contributed by atoms with Gasteiger partial charge in [-0.3, -0.25) is 9.59 Å². The molecular formula is C25H24F3N5O2. The highest BCUT2D eigenvalue weighted by Crippen LogP contribution is 2.32. The van der Waals surface area contributed by atoms with Crippen molar-refractivity contribution in [3.8, 4) is 16.8 Å². The van der Waals surface area contributed by atoms with Crippen LogP contribution in [0.5, 0.6) is 0 Å². The molecule has 0 aliphatic carbocycles. The van der Waals surface area contributed by atoms with Crippen LogP contribution in [0.15, 0.2) is 61.1 Å². The summed E-state index contributed by atoms with van der Waals surface area (Å²) in [5.74, 6) is -0.452. The molecule has 2 heterocycles. The zero-order valence-electron chi connectivity index (χ0n) is 19.3. The highest BCUT2D eigenvalue weighted by Gasteiger charge is 2.30. The number of fused-ring (bicyclic) bond motifs is 1. The molecule has 0 aliphatic heterocycles. The lowest BCUT2D eigenvalue weighted by atomic mass is 9.92. The number of H-pyrrole nitrogens is 1. The Bertz CT molecular complexity index is 1380. The Morgan fingerprint density at radius 2 is 1.77 bits per heavy atom. The van der Waals surface area contributed by atoms with E-state index in [9.17, 15) is 22.8 Å². The lowest BCUT2D eigenvalue weighted by Gasteiger charge is -2.23. The highest BCUT2D eigenvalue weighted by molar-refractivity contribution is 6.04. The zero-order chi connectivity index (χ0) is 25.4. The molecule has 4 aromatic rings. The topological polar surface area (TPSA) is 91.8 Å². The number of benzene rings is 2. The second-order valence-corrected chi connectivity index (χ2v) is 8.93. The number of aromatic amines is 1. The number of carbonyl (C=O) groups excluding carboxylic acids is 2. The van der Waals surface area contributed by atoms with Gasteiger partial charge < -0.3 is 15.6 Å². The Morgan fingerprint density at radius 1 is 1.06 bits per heavy atom. The Labute approximate surface area is 199 Å². The van der Waals surface area contributed by atoms with Crippen molar-refractivity contribution in [3.05, 3.63) is 66.6 Å². The molecule has 3 N–H and O–H groups in total. The van der Waals surface area contributed by atoms with E-state index in [4.69, 9.17) is 0 Å². The molecule has 10 heteroatoms. The molecular weight excluding hydrogens is 459 g/mol. The van der Waals surface area contributed by atoms with Crippen molar-refractivity contribution in [2.45, 2.75) is 26.9 Å². The monoisotopic (exact) mass is 483 g/mol. The van der Waals surface area contributed by atoms with Crippen molar-refractivity contribution in [2.24, 2.45) is 5.41 Å². The molecule has 0 radical (unpaired) electrons. The van der Waals surface area contributed by atoms with E-state index in [-0.39, 0.29) is 18.4 Å². The third-order valence-corrected chi connectivity index (χ3v) is 5.70. The molecule has 7 nitrogen and oxygen atoms in total. The SMILES string of the molecule is CC(=O)NCC(C)(C)C(=O)Nc1c[nH]c2ccc(-c3cnn(-c4ccc(C(F)(F)F)cc4)c3)cc12. The molecule has 0 bridgehead atoms. The van der Waals surface area contributed by atoms with Gasteiger partial charge >= 0.3 is 6.18 Å². The summed E-state index contributed by atoms with van der Waals surface area (Å²) in [7, 11) is 0. The molecule has 0 saturated heterocycles. The number of hydrogen-bond donors (Lipinski definition) is 3. The van der Waals surface area contributed by atoms with Crippen LogP contribution in [0.4, 0.5) is 18.9 Å². The van der Waals surface area contributed by atoms with Gasteiger partial charge in [-0.1, -0.05) is 6.07 Å². The number of rotatable bonds is 6. The molecule has 0 saturated carbocycles. The number of halogens is 3. The number of nitrogens with zero attached hydrogens (tertiary/aromatic N) is 2. The van der Waals surface area contributed by atoms with Crippen molar-refractivity contribution in [2.75, 3.05) is 11.9 Å². The number of aromatic nitrogens is 3. The van der Waals surface area contributed by atoms with Gasteiger partial charge in [0.2, 0.25) is 11.8 Å². The summed E-state index contributed by atoms with van der Waals surface area (Å²) in [6.45, 7) is 5.09. The molecule has 0 spiro atoms. The Hall–Kier alpha value is -4.08. The van der Waals surface area contributed by atoms with E-state index in [1.807, 2.05) is 18.2 Å². The van der Waals surface area contributed by atoms with Crippen molar-refractivity contribution in [3.63, 3.8) is 0 Å². The Balaban J connectivity index is 1.57. The van der Waals surface area contributed by atoms with Crippen LogP contribution in [-0.4, -0.2) is 33.1 Å². The largest absolute Gasteiger partial charge is 0.416 e. The molecule has 0 atom stereocenters. The average molecular weight is 483 g/mol. The molecule has 35 heavy (non-hydrogen) atoms. The van der Waals surface area contributed by atoms with Gasteiger partial charge in [-0.2, -0.15) is 18.3 Å².